The number of nitrogens with zero attached hydrogens (tertiary/aromatic N) is 7. The number of hydrogen-bond acceptors (Lipinski definition) is 7. The average molecular weight is 489 g/mol. The molecule has 0 aliphatic carbocycles. The fourth-order valence-electron chi connectivity index (χ4n) is 5.80. The highest BCUT2D eigenvalue weighted by Crippen LogP contribution is 2.35. The van der Waals surface area contributed by atoms with E-state index in [4.69, 9.17) is 9.97 Å². The van der Waals surface area contributed by atoms with Gasteiger partial charge in [0.25, 0.3) is 0 Å². The molecule has 2 saturated heterocycles. The van der Waals surface area contributed by atoms with Crippen LogP contribution in [0.25, 0.3) is 27.8 Å². The average Bonchev–Trinajstić information content (AvgIpc) is 3.63. The Morgan fingerprint density at radius 3 is 2.59 bits per heavy atom. The first-order valence-electron chi connectivity index (χ1n) is 12.7. The van der Waals surface area contributed by atoms with Crippen molar-refractivity contribution in [3.63, 3.8) is 0 Å². The van der Waals surface area contributed by atoms with Gasteiger partial charge >= 0.3 is 0 Å². The smallest absolute Gasteiger partial charge is 0.227 e. The van der Waals surface area contributed by atoms with Crippen molar-refractivity contribution >= 4 is 28.4 Å². The molecule has 0 radical (unpaired) electrons. The number of piperazine rings is 1. The van der Waals surface area contributed by atoms with Crippen molar-refractivity contribution in [1.29, 1.82) is 0 Å². The van der Waals surface area contributed by atoms with Gasteiger partial charge in [0.2, 0.25) is 5.95 Å². The van der Waals surface area contributed by atoms with Crippen LogP contribution in [-0.4, -0.2) is 61.6 Å². The minimum atomic E-state index is 0.558. The lowest BCUT2D eigenvalue weighted by molar-refractivity contribution is 0.292. The van der Waals surface area contributed by atoms with Gasteiger partial charge in [0.05, 0.1) is 23.1 Å². The summed E-state index contributed by atoms with van der Waals surface area (Å²) >= 11 is 0. The maximum absolute atomic E-state index is 4.83. The van der Waals surface area contributed by atoms with E-state index < -0.39 is 0 Å². The van der Waals surface area contributed by atoms with Crippen molar-refractivity contribution in [2.24, 2.45) is 0 Å². The van der Waals surface area contributed by atoms with Crippen LogP contribution in [0.4, 0.5) is 17.5 Å². The SMILES string of the molecule is Cc1cc(Nc2nccc(-c3ccc4c(ccn4-c4ccncc4)c3)n2)cnc1N1CC2CC1CN2C. The molecule has 0 saturated carbocycles. The van der Waals surface area contributed by atoms with Crippen molar-refractivity contribution in [3.8, 4) is 16.9 Å². The number of likely N-dealkylation sites (N-methyl/N-ethyl adjacent to an activating group) is 1. The van der Waals surface area contributed by atoms with Crippen molar-refractivity contribution in [1.82, 2.24) is 29.4 Å². The number of pyridine rings is 2. The van der Waals surface area contributed by atoms with Gasteiger partial charge in [0.15, 0.2) is 0 Å². The van der Waals surface area contributed by atoms with E-state index in [9.17, 15) is 0 Å². The molecule has 6 heterocycles. The minimum absolute atomic E-state index is 0.558. The van der Waals surface area contributed by atoms with Gasteiger partial charge in [-0.2, -0.15) is 0 Å². The minimum Gasteiger partial charge on any atom is -0.350 e. The van der Waals surface area contributed by atoms with E-state index in [1.807, 2.05) is 36.8 Å². The third kappa shape index (κ3) is 3.90. The van der Waals surface area contributed by atoms with Gasteiger partial charge in [-0.15, -0.1) is 0 Å². The van der Waals surface area contributed by atoms with Crippen molar-refractivity contribution in [2.45, 2.75) is 25.4 Å². The van der Waals surface area contributed by atoms with Crippen molar-refractivity contribution in [2.75, 3.05) is 30.4 Å². The van der Waals surface area contributed by atoms with E-state index in [1.54, 1.807) is 6.20 Å². The molecular weight excluding hydrogens is 460 g/mol. The molecule has 4 aromatic heterocycles. The molecule has 2 atom stereocenters. The number of aryl methyl sites for hydroxylation is 1. The van der Waals surface area contributed by atoms with Gasteiger partial charge in [0, 0.05) is 66.6 Å². The molecule has 2 aliphatic rings. The number of anilines is 3. The fraction of sp³-hybridized carbons (Fsp3) is 0.241. The first kappa shape index (κ1) is 21.9. The number of hydrogen-bond donors (Lipinski definition) is 1. The van der Waals surface area contributed by atoms with Gasteiger partial charge < -0.3 is 14.8 Å². The molecular formula is C29H28N8. The van der Waals surface area contributed by atoms with Crippen LogP contribution in [-0.2, 0) is 0 Å². The van der Waals surface area contributed by atoms with Crippen LogP contribution in [0.1, 0.15) is 12.0 Å². The molecule has 2 unspecified atom stereocenters. The Bertz CT molecular complexity index is 1590. The van der Waals surface area contributed by atoms with E-state index in [1.165, 1.54) is 12.0 Å². The van der Waals surface area contributed by atoms with Crippen LogP contribution >= 0.6 is 0 Å². The molecule has 7 rings (SSSR count). The predicted octanol–water partition coefficient (Wildman–Crippen LogP) is 4.82. The molecule has 2 bridgehead atoms. The van der Waals surface area contributed by atoms with Crippen LogP contribution in [0.5, 0.6) is 0 Å². The number of nitrogens with one attached hydrogen (secondary N) is 1. The summed E-state index contributed by atoms with van der Waals surface area (Å²) in [5, 5.41) is 4.51. The van der Waals surface area contributed by atoms with Crippen LogP contribution in [0, 0.1) is 6.92 Å². The highest BCUT2D eigenvalue weighted by atomic mass is 15.4. The van der Waals surface area contributed by atoms with E-state index in [0.717, 1.165) is 52.4 Å². The quantitative estimate of drug-likeness (QED) is 0.380. The predicted molar refractivity (Wildman–Crippen MR) is 147 cm³/mol. The zero-order chi connectivity index (χ0) is 24.9. The highest BCUT2D eigenvalue weighted by molar-refractivity contribution is 5.86. The fourth-order valence-corrected chi connectivity index (χ4v) is 5.80. The van der Waals surface area contributed by atoms with Gasteiger partial charge in [-0.05, 0) is 68.4 Å². The summed E-state index contributed by atoms with van der Waals surface area (Å²) in [4.78, 5) is 23.1. The lowest BCUT2D eigenvalue weighted by Gasteiger charge is -2.33. The summed E-state index contributed by atoms with van der Waals surface area (Å²) in [5.74, 6) is 1.65. The lowest BCUT2D eigenvalue weighted by atomic mass is 10.1. The van der Waals surface area contributed by atoms with Crippen molar-refractivity contribution < 1.29 is 0 Å². The van der Waals surface area contributed by atoms with Gasteiger partial charge in [-0.1, -0.05) is 6.07 Å². The molecule has 2 aliphatic heterocycles. The monoisotopic (exact) mass is 488 g/mol. The first-order chi connectivity index (χ1) is 18.1. The van der Waals surface area contributed by atoms with Crippen LogP contribution in [0.2, 0.25) is 0 Å². The Balaban J connectivity index is 1.12. The topological polar surface area (TPSA) is 75.0 Å². The Morgan fingerprint density at radius 2 is 1.81 bits per heavy atom. The third-order valence-corrected chi connectivity index (χ3v) is 7.68. The Hall–Kier alpha value is -4.30. The second-order valence-electron chi connectivity index (χ2n) is 10.1. The number of aromatic nitrogens is 5. The van der Waals surface area contributed by atoms with Gasteiger partial charge in [0.1, 0.15) is 5.82 Å². The van der Waals surface area contributed by atoms with E-state index in [0.29, 0.717) is 18.0 Å². The summed E-state index contributed by atoms with van der Waals surface area (Å²) in [5.41, 5.74) is 6.21. The molecule has 5 aromatic rings. The van der Waals surface area contributed by atoms with E-state index >= 15 is 0 Å². The molecule has 8 nitrogen and oxygen atoms in total. The summed E-state index contributed by atoms with van der Waals surface area (Å²) in [6.45, 7) is 4.31. The Labute approximate surface area is 215 Å². The summed E-state index contributed by atoms with van der Waals surface area (Å²) in [7, 11) is 2.22. The number of fused-ring (bicyclic) bond motifs is 3. The molecule has 1 aromatic carbocycles. The maximum atomic E-state index is 4.83. The Morgan fingerprint density at radius 1 is 0.919 bits per heavy atom. The molecule has 2 fully saturated rings. The largest absolute Gasteiger partial charge is 0.350 e. The molecule has 0 spiro atoms. The number of rotatable bonds is 5. The molecule has 8 heteroatoms. The van der Waals surface area contributed by atoms with Crippen LogP contribution in [0.3, 0.4) is 0 Å². The van der Waals surface area contributed by atoms with Gasteiger partial charge in [-0.25, -0.2) is 15.0 Å². The van der Waals surface area contributed by atoms with E-state index in [2.05, 4.69) is 80.2 Å². The third-order valence-electron chi connectivity index (χ3n) is 7.68. The second kappa shape index (κ2) is 8.67. The lowest BCUT2D eigenvalue weighted by Crippen LogP contribution is -2.45. The summed E-state index contributed by atoms with van der Waals surface area (Å²) in [6.07, 6.45) is 10.6. The number of benzene rings is 1. The zero-order valence-electron chi connectivity index (χ0n) is 20.9. The normalized spacial score (nSPS) is 19.1. The molecule has 37 heavy (non-hydrogen) atoms. The summed E-state index contributed by atoms with van der Waals surface area (Å²) < 4.78 is 2.16. The van der Waals surface area contributed by atoms with E-state index in [-0.39, 0.29) is 0 Å². The molecule has 0 amide bonds. The van der Waals surface area contributed by atoms with Crippen LogP contribution < -0.4 is 10.2 Å². The Kier molecular flexibility index (Phi) is 5.14. The zero-order valence-corrected chi connectivity index (χ0v) is 20.9. The second-order valence-corrected chi connectivity index (χ2v) is 10.1. The highest BCUT2D eigenvalue weighted by Gasteiger charge is 2.42. The molecule has 184 valence electrons. The standard InChI is InChI=1S/C29H28N8/c1-19-13-22(16-32-28(19)37-18-24-15-25(37)17-35(24)2)33-29-31-11-7-26(34-29)20-3-4-27-21(14-20)8-12-36(27)23-5-9-30-10-6-23/h3-14,16,24-25H,15,17-18H2,1-2H3,(H,31,33,34). The molecule has 1 N–H and O–H groups in total. The number of likely N-dealkylation sites (tertiary alicyclic amines) is 1. The first-order valence-corrected chi connectivity index (χ1v) is 12.7. The van der Waals surface area contributed by atoms with Crippen molar-refractivity contribution in [3.05, 3.63) is 85.1 Å². The van der Waals surface area contributed by atoms with Gasteiger partial charge in [-0.3, -0.25) is 9.88 Å². The maximum Gasteiger partial charge on any atom is 0.227 e. The summed E-state index contributed by atoms with van der Waals surface area (Å²) in [6, 6.07) is 17.8. The van der Waals surface area contributed by atoms with Crippen LogP contribution in [0.15, 0.2) is 79.5 Å².